The number of hydrogen-bond acceptors (Lipinski definition) is 6. The van der Waals surface area contributed by atoms with E-state index in [0.29, 0.717) is 19.4 Å². The second kappa shape index (κ2) is 7.84. The maximum atomic E-state index is 12.1. The number of nitrogens with zero attached hydrogens (tertiary/aromatic N) is 3. The van der Waals surface area contributed by atoms with Crippen LogP contribution in [0, 0.1) is 0 Å². The second-order valence-electron chi connectivity index (χ2n) is 6.20. The molecule has 1 aromatic carbocycles. The Bertz CT molecular complexity index is 851. The molecule has 1 fully saturated rings. The van der Waals surface area contributed by atoms with Gasteiger partial charge in [0, 0.05) is 31.3 Å². The third kappa shape index (κ3) is 4.03. The lowest BCUT2D eigenvalue weighted by molar-refractivity contribution is -0.121. The minimum absolute atomic E-state index is 0.00591. The van der Waals surface area contributed by atoms with Gasteiger partial charge in [-0.3, -0.25) is 4.79 Å². The summed E-state index contributed by atoms with van der Waals surface area (Å²) in [4.78, 5) is 26.7. The van der Waals surface area contributed by atoms with E-state index in [-0.39, 0.29) is 5.91 Å². The van der Waals surface area contributed by atoms with E-state index in [0.717, 1.165) is 54.0 Å². The Labute approximate surface area is 155 Å². The number of rotatable bonds is 6. The van der Waals surface area contributed by atoms with Crippen molar-refractivity contribution in [2.75, 3.05) is 31.2 Å². The van der Waals surface area contributed by atoms with Crippen molar-refractivity contribution in [3.05, 3.63) is 41.2 Å². The first-order valence-electron chi connectivity index (χ1n) is 8.75. The normalized spacial score (nSPS) is 14.7. The molecule has 2 aromatic heterocycles. The van der Waals surface area contributed by atoms with Crippen LogP contribution < -0.4 is 10.2 Å². The highest BCUT2D eigenvalue weighted by Gasteiger charge is 2.15. The summed E-state index contributed by atoms with van der Waals surface area (Å²) < 4.78 is 5.36. The van der Waals surface area contributed by atoms with E-state index in [4.69, 9.17) is 4.74 Å². The van der Waals surface area contributed by atoms with Gasteiger partial charge >= 0.3 is 0 Å². The number of aryl methyl sites for hydroxylation is 1. The molecular weight excluding hydrogens is 350 g/mol. The van der Waals surface area contributed by atoms with E-state index in [2.05, 4.69) is 25.2 Å². The lowest BCUT2D eigenvalue weighted by atomic mass is 10.3. The number of benzene rings is 1. The molecule has 0 unspecified atom stereocenters. The van der Waals surface area contributed by atoms with Crippen molar-refractivity contribution >= 4 is 33.4 Å². The van der Waals surface area contributed by atoms with Crippen molar-refractivity contribution in [1.82, 2.24) is 20.3 Å². The standard InChI is InChI=1S/C18H21N5O2S/c24-17(6-5-16-21-14-3-1-2-4-15(14)22-16)19-11-13-12-26-18(20-13)23-7-9-25-10-8-23/h1-4,12H,5-11H2,(H,19,24)(H,21,22). The highest BCUT2D eigenvalue weighted by Crippen LogP contribution is 2.21. The number of carbonyl (C=O) groups is 1. The number of fused-ring (bicyclic) bond motifs is 1. The molecule has 0 saturated carbocycles. The van der Waals surface area contributed by atoms with E-state index in [1.165, 1.54) is 0 Å². The summed E-state index contributed by atoms with van der Waals surface area (Å²) in [5.41, 5.74) is 2.83. The molecule has 0 atom stereocenters. The quantitative estimate of drug-likeness (QED) is 0.693. The molecule has 26 heavy (non-hydrogen) atoms. The predicted octanol–water partition coefficient (Wildman–Crippen LogP) is 2.10. The van der Waals surface area contributed by atoms with Gasteiger partial charge in [-0.1, -0.05) is 12.1 Å². The molecule has 0 radical (unpaired) electrons. The molecule has 2 N–H and O–H groups in total. The highest BCUT2D eigenvalue weighted by molar-refractivity contribution is 7.13. The zero-order chi connectivity index (χ0) is 17.8. The fourth-order valence-corrected chi connectivity index (χ4v) is 3.79. The van der Waals surface area contributed by atoms with Crippen molar-refractivity contribution in [3.8, 4) is 0 Å². The van der Waals surface area contributed by atoms with Crippen molar-refractivity contribution in [2.45, 2.75) is 19.4 Å². The minimum Gasteiger partial charge on any atom is -0.378 e. The van der Waals surface area contributed by atoms with Crippen LogP contribution in [0.2, 0.25) is 0 Å². The number of H-pyrrole nitrogens is 1. The molecule has 4 rings (SSSR count). The number of amides is 1. The SMILES string of the molecule is O=C(CCc1nc2ccccc2[nH]1)NCc1csc(N2CCOCC2)n1. The first-order valence-corrected chi connectivity index (χ1v) is 9.63. The molecule has 0 aliphatic carbocycles. The van der Waals surface area contributed by atoms with E-state index >= 15 is 0 Å². The minimum atomic E-state index is 0.00591. The first kappa shape index (κ1) is 17.0. The summed E-state index contributed by atoms with van der Waals surface area (Å²) in [5.74, 6) is 0.844. The Balaban J connectivity index is 1.25. The Morgan fingerprint density at radius 3 is 2.96 bits per heavy atom. The van der Waals surface area contributed by atoms with Crippen LogP contribution in [-0.4, -0.2) is 47.2 Å². The fourth-order valence-electron chi connectivity index (χ4n) is 2.91. The van der Waals surface area contributed by atoms with Crippen LogP contribution in [0.1, 0.15) is 17.9 Å². The number of ether oxygens (including phenoxy) is 1. The smallest absolute Gasteiger partial charge is 0.220 e. The topological polar surface area (TPSA) is 83.1 Å². The van der Waals surface area contributed by atoms with Gasteiger partial charge in [-0.25, -0.2) is 9.97 Å². The van der Waals surface area contributed by atoms with E-state index < -0.39 is 0 Å². The van der Waals surface area contributed by atoms with Crippen LogP contribution in [0.3, 0.4) is 0 Å². The Kier molecular flexibility index (Phi) is 5.12. The van der Waals surface area contributed by atoms with Gasteiger partial charge in [-0.2, -0.15) is 0 Å². The zero-order valence-corrected chi connectivity index (χ0v) is 15.2. The van der Waals surface area contributed by atoms with Crippen LogP contribution in [0.25, 0.3) is 11.0 Å². The van der Waals surface area contributed by atoms with Gasteiger partial charge in [0.05, 0.1) is 36.5 Å². The fraction of sp³-hybridized carbons (Fsp3) is 0.389. The van der Waals surface area contributed by atoms with E-state index in [1.807, 2.05) is 29.6 Å². The van der Waals surface area contributed by atoms with Gasteiger partial charge < -0.3 is 19.9 Å². The van der Waals surface area contributed by atoms with Crippen LogP contribution in [0.5, 0.6) is 0 Å². The monoisotopic (exact) mass is 371 g/mol. The Hall–Kier alpha value is -2.45. The third-order valence-corrected chi connectivity index (χ3v) is 5.27. The molecule has 8 heteroatoms. The number of thiazole rings is 1. The summed E-state index contributed by atoms with van der Waals surface area (Å²) in [6, 6.07) is 7.87. The lowest BCUT2D eigenvalue weighted by Crippen LogP contribution is -2.36. The number of anilines is 1. The Morgan fingerprint density at radius 1 is 1.27 bits per heavy atom. The van der Waals surface area contributed by atoms with Crippen LogP contribution >= 0.6 is 11.3 Å². The van der Waals surface area contributed by atoms with Gasteiger partial charge in [-0.05, 0) is 12.1 Å². The number of nitrogens with one attached hydrogen (secondary N) is 2. The molecule has 3 aromatic rings. The summed E-state index contributed by atoms with van der Waals surface area (Å²) in [5, 5.41) is 5.94. The number of imidazole rings is 1. The van der Waals surface area contributed by atoms with Crippen molar-refractivity contribution in [1.29, 1.82) is 0 Å². The number of morpholine rings is 1. The number of aromatic nitrogens is 3. The molecule has 0 bridgehead atoms. The summed E-state index contributed by atoms with van der Waals surface area (Å²) in [7, 11) is 0. The maximum Gasteiger partial charge on any atom is 0.220 e. The number of aromatic amines is 1. The second-order valence-corrected chi connectivity index (χ2v) is 7.03. The molecule has 1 saturated heterocycles. The van der Waals surface area contributed by atoms with Crippen LogP contribution in [0.4, 0.5) is 5.13 Å². The molecule has 1 aliphatic rings. The average molecular weight is 371 g/mol. The molecule has 136 valence electrons. The lowest BCUT2D eigenvalue weighted by Gasteiger charge is -2.26. The predicted molar refractivity (Wildman–Crippen MR) is 101 cm³/mol. The van der Waals surface area contributed by atoms with Gasteiger partial charge in [-0.15, -0.1) is 11.3 Å². The third-order valence-electron chi connectivity index (χ3n) is 4.32. The molecule has 0 spiro atoms. The number of para-hydroxylation sites is 2. The van der Waals surface area contributed by atoms with Gasteiger partial charge in [0.1, 0.15) is 5.82 Å². The highest BCUT2D eigenvalue weighted by atomic mass is 32.1. The molecule has 1 amide bonds. The number of carbonyl (C=O) groups excluding carboxylic acids is 1. The van der Waals surface area contributed by atoms with Crippen molar-refractivity contribution < 1.29 is 9.53 Å². The molecular formula is C18H21N5O2S. The summed E-state index contributed by atoms with van der Waals surface area (Å²) >= 11 is 1.61. The van der Waals surface area contributed by atoms with Gasteiger partial charge in [0.2, 0.25) is 5.91 Å². The summed E-state index contributed by atoms with van der Waals surface area (Å²) in [6.07, 6.45) is 0.997. The zero-order valence-electron chi connectivity index (χ0n) is 14.4. The van der Waals surface area contributed by atoms with Crippen molar-refractivity contribution in [2.24, 2.45) is 0 Å². The van der Waals surface area contributed by atoms with Gasteiger partial charge in [0.15, 0.2) is 5.13 Å². The van der Waals surface area contributed by atoms with Crippen LogP contribution in [0.15, 0.2) is 29.6 Å². The van der Waals surface area contributed by atoms with Crippen molar-refractivity contribution in [3.63, 3.8) is 0 Å². The molecule has 1 aliphatic heterocycles. The van der Waals surface area contributed by atoms with Crippen LogP contribution in [-0.2, 0) is 22.5 Å². The van der Waals surface area contributed by atoms with Gasteiger partial charge in [0.25, 0.3) is 0 Å². The largest absolute Gasteiger partial charge is 0.378 e. The Morgan fingerprint density at radius 2 is 2.12 bits per heavy atom. The first-order chi connectivity index (χ1) is 12.8. The average Bonchev–Trinajstić information content (AvgIpc) is 3.32. The molecule has 3 heterocycles. The van der Waals surface area contributed by atoms with E-state index in [1.54, 1.807) is 11.3 Å². The molecule has 7 nitrogen and oxygen atoms in total. The maximum absolute atomic E-state index is 12.1. The number of hydrogen-bond donors (Lipinski definition) is 2. The summed E-state index contributed by atoms with van der Waals surface area (Å²) in [6.45, 7) is 3.69. The van der Waals surface area contributed by atoms with E-state index in [9.17, 15) is 4.79 Å².